The van der Waals surface area contributed by atoms with Gasteiger partial charge in [0.05, 0.1) is 24.2 Å². The van der Waals surface area contributed by atoms with Crippen LogP contribution in [0.25, 0.3) is 5.69 Å². The molecule has 0 saturated heterocycles. The first-order valence-electron chi connectivity index (χ1n) is 7.16. The van der Waals surface area contributed by atoms with Crippen molar-refractivity contribution in [1.29, 1.82) is 0 Å². The summed E-state index contributed by atoms with van der Waals surface area (Å²) in [6.45, 7) is -0.155. The zero-order valence-electron chi connectivity index (χ0n) is 13.1. The van der Waals surface area contributed by atoms with Crippen molar-refractivity contribution < 1.29 is 17.5 Å². The summed E-state index contributed by atoms with van der Waals surface area (Å²) in [4.78, 5) is -0.170. The number of tetrazole rings is 1. The summed E-state index contributed by atoms with van der Waals surface area (Å²) in [6, 6.07) is 11.7. The van der Waals surface area contributed by atoms with Crippen LogP contribution in [0.1, 0.15) is 5.82 Å². The molecular formula is C15H14FN5O3S. The molecule has 0 atom stereocenters. The second kappa shape index (κ2) is 6.95. The number of rotatable bonds is 6. The van der Waals surface area contributed by atoms with Gasteiger partial charge in [0.25, 0.3) is 0 Å². The molecule has 0 radical (unpaired) electrons. The van der Waals surface area contributed by atoms with Crippen molar-refractivity contribution in [1.82, 2.24) is 24.9 Å². The number of methoxy groups -OCH3 is 1. The van der Waals surface area contributed by atoms with Crippen LogP contribution >= 0.6 is 0 Å². The minimum Gasteiger partial charge on any atom is -0.497 e. The third-order valence-electron chi connectivity index (χ3n) is 3.38. The quantitative estimate of drug-likeness (QED) is 0.708. The van der Waals surface area contributed by atoms with E-state index in [2.05, 4.69) is 20.2 Å². The van der Waals surface area contributed by atoms with Gasteiger partial charge in [0, 0.05) is 0 Å². The minimum absolute atomic E-state index is 0.155. The topological polar surface area (TPSA) is 99.0 Å². The molecule has 3 rings (SSSR count). The Balaban J connectivity index is 1.79. The molecule has 10 heteroatoms. The van der Waals surface area contributed by atoms with Crippen LogP contribution in [0.15, 0.2) is 53.4 Å². The Kier molecular flexibility index (Phi) is 4.72. The molecule has 0 saturated carbocycles. The highest BCUT2D eigenvalue weighted by Gasteiger charge is 2.17. The number of ether oxygens (including phenoxy) is 1. The van der Waals surface area contributed by atoms with Gasteiger partial charge in [-0.2, -0.15) is 4.68 Å². The van der Waals surface area contributed by atoms with E-state index in [1.165, 1.54) is 22.9 Å². The molecule has 8 nitrogen and oxygen atoms in total. The van der Waals surface area contributed by atoms with E-state index in [1.807, 2.05) is 0 Å². The molecular weight excluding hydrogens is 349 g/mol. The van der Waals surface area contributed by atoms with Crippen molar-refractivity contribution >= 4 is 10.0 Å². The highest BCUT2D eigenvalue weighted by molar-refractivity contribution is 7.89. The lowest BCUT2D eigenvalue weighted by Gasteiger charge is -2.08. The second-order valence-corrected chi connectivity index (χ2v) is 6.75. The van der Waals surface area contributed by atoms with E-state index in [0.717, 1.165) is 6.07 Å². The molecule has 2 aromatic carbocycles. The van der Waals surface area contributed by atoms with Crippen LogP contribution in [0.2, 0.25) is 0 Å². The minimum atomic E-state index is -3.89. The van der Waals surface area contributed by atoms with Gasteiger partial charge < -0.3 is 4.74 Å². The number of benzene rings is 2. The number of sulfonamides is 1. The van der Waals surface area contributed by atoms with Gasteiger partial charge in [-0.05, 0) is 52.9 Å². The van der Waals surface area contributed by atoms with Crippen molar-refractivity contribution in [3.8, 4) is 11.4 Å². The molecule has 0 aliphatic heterocycles. The average molecular weight is 363 g/mol. The van der Waals surface area contributed by atoms with Crippen molar-refractivity contribution in [3.63, 3.8) is 0 Å². The predicted octanol–water partition coefficient (Wildman–Crippen LogP) is 1.29. The number of aromatic nitrogens is 4. The monoisotopic (exact) mass is 363 g/mol. The van der Waals surface area contributed by atoms with Gasteiger partial charge >= 0.3 is 0 Å². The Labute approximate surface area is 143 Å². The summed E-state index contributed by atoms with van der Waals surface area (Å²) in [7, 11) is -2.33. The summed E-state index contributed by atoms with van der Waals surface area (Å²) in [5.41, 5.74) is 0.644. The maximum absolute atomic E-state index is 13.2. The number of halogens is 1. The third-order valence-corrected chi connectivity index (χ3v) is 4.78. The lowest BCUT2D eigenvalue weighted by molar-refractivity contribution is 0.414. The van der Waals surface area contributed by atoms with E-state index < -0.39 is 15.8 Å². The van der Waals surface area contributed by atoms with Gasteiger partial charge in [-0.15, -0.1) is 5.10 Å². The Bertz CT molecular complexity index is 973. The summed E-state index contributed by atoms with van der Waals surface area (Å²) >= 11 is 0. The molecule has 1 N–H and O–H groups in total. The molecule has 130 valence electrons. The molecule has 0 aliphatic carbocycles. The molecule has 0 spiro atoms. The van der Waals surface area contributed by atoms with Crippen molar-refractivity contribution in [2.45, 2.75) is 11.4 Å². The predicted molar refractivity (Wildman–Crippen MR) is 86.1 cm³/mol. The van der Waals surface area contributed by atoms with Crippen LogP contribution in [0, 0.1) is 5.82 Å². The van der Waals surface area contributed by atoms with E-state index in [1.54, 1.807) is 31.4 Å². The highest BCUT2D eigenvalue weighted by atomic mass is 32.2. The first-order valence-corrected chi connectivity index (χ1v) is 8.65. The molecule has 1 heterocycles. The molecule has 1 aromatic heterocycles. The van der Waals surface area contributed by atoms with Crippen LogP contribution in [0.4, 0.5) is 4.39 Å². The normalized spacial score (nSPS) is 11.4. The third kappa shape index (κ3) is 3.80. The van der Waals surface area contributed by atoms with E-state index in [-0.39, 0.29) is 17.3 Å². The maximum atomic E-state index is 13.2. The lowest BCUT2D eigenvalue weighted by atomic mass is 10.3. The number of hydrogen-bond donors (Lipinski definition) is 1. The summed E-state index contributed by atoms with van der Waals surface area (Å²) in [5, 5.41) is 11.2. The maximum Gasteiger partial charge on any atom is 0.241 e. The SMILES string of the molecule is COc1ccc(-n2nnnc2CNS(=O)(=O)c2cccc(F)c2)cc1. The number of hydrogen-bond acceptors (Lipinski definition) is 6. The first-order chi connectivity index (χ1) is 12.0. The largest absolute Gasteiger partial charge is 0.497 e. The van der Waals surface area contributed by atoms with Crippen molar-refractivity contribution in [3.05, 3.63) is 60.2 Å². The molecule has 0 fully saturated rings. The summed E-state index contributed by atoms with van der Waals surface area (Å²) < 4.78 is 46.5. The van der Waals surface area contributed by atoms with E-state index in [0.29, 0.717) is 11.4 Å². The first kappa shape index (κ1) is 17.0. The van der Waals surface area contributed by atoms with Gasteiger partial charge in [0.1, 0.15) is 11.6 Å². The standard InChI is InChI=1S/C15H14FN5O3S/c1-24-13-7-5-12(6-8-13)21-15(18-19-20-21)10-17-25(22,23)14-4-2-3-11(16)9-14/h2-9,17H,10H2,1H3. The van der Waals surface area contributed by atoms with Crippen LogP contribution in [0.3, 0.4) is 0 Å². The Hall–Kier alpha value is -2.85. The fourth-order valence-electron chi connectivity index (χ4n) is 2.12. The summed E-state index contributed by atoms with van der Waals surface area (Å²) in [5.74, 6) is 0.321. The van der Waals surface area contributed by atoms with Crippen LogP contribution < -0.4 is 9.46 Å². The van der Waals surface area contributed by atoms with Crippen molar-refractivity contribution in [2.75, 3.05) is 7.11 Å². The lowest BCUT2D eigenvalue weighted by Crippen LogP contribution is -2.25. The van der Waals surface area contributed by atoms with Gasteiger partial charge in [-0.25, -0.2) is 17.5 Å². The molecule has 3 aromatic rings. The van der Waals surface area contributed by atoms with Gasteiger partial charge in [0.15, 0.2) is 5.82 Å². The Morgan fingerprint density at radius 3 is 2.64 bits per heavy atom. The van der Waals surface area contributed by atoms with E-state index >= 15 is 0 Å². The Morgan fingerprint density at radius 2 is 1.96 bits per heavy atom. The van der Waals surface area contributed by atoms with Crippen LogP contribution in [-0.4, -0.2) is 35.7 Å². The second-order valence-electron chi connectivity index (χ2n) is 4.99. The van der Waals surface area contributed by atoms with Crippen LogP contribution in [0.5, 0.6) is 5.75 Å². The zero-order valence-corrected chi connectivity index (χ0v) is 13.9. The van der Waals surface area contributed by atoms with E-state index in [9.17, 15) is 12.8 Å². The summed E-state index contributed by atoms with van der Waals surface area (Å²) in [6.07, 6.45) is 0. The molecule has 0 unspecified atom stereocenters. The average Bonchev–Trinajstić information content (AvgIpc) is 3.09. The fraction of sp³-hybridized carbons (Fsp3) is 0.133. The fourth-order valence-corrected chi connectivity index (χ4v) is 3.13. The van der Waals surface area contributed by atoms with E-state index in [4.69, 9.17) is 4.74 Å². The highest BCUT2D eigenvalue weighted by Crippen LogP contribution is 2.15. The molecule has 0 aliphatic rings. The zero-order chi connectivity index (χ0) is 17.9. The molecule has 0 bridgehead atoms. The number of nitrogens with zero attached hydrogens (tertiary/aromatic N) is 4. The molecule has 25 heavy (non-hydrogen) atoms. The number of nitrogens with one attached hydrogen (secondary N) is 1. The smallest absolute Gasteiger partial charge is 0.241 e. The van der Waals surface area contributed by atoms with Gasteiger partial charge in [0.2, 0.25) is 10.0 Å². The molecule has 0 amide bonds. The van der Waals surface area contributed by atoms with Crippen LogP contribution in [-0.2, 0) is 16.6 Å². The van der Waals surface area contributed by atoms with Crippen molar-refractivity contribution in [2.24, 2.45) is 0 Å². The van der Waals surface area contributed by atoms with Gasteiger partial charge in [-0.3, -0.25) is 0 Å². The Morgan fingerprint density at radius 1 is 1.20 bits per heavy atom. The van der Waals surface area contributed by atoms with Gasteiger partial charge in [-0.1, -0.05) is 6.07 Å².